The van der Waals surface area contributed by atoms with Crippen molar-refractivity contribution in [2.75, 3.05) is 30.7 Å². The molecule has 1 aromatic rings. The zero-order valence-corrected chi connectivity index (χ0v) is 12.2. The number of nitrogens with one attached hydrogen (secondary N) is 2. The van der Waals surface area contributed by atoms with E-state index >= 15 is 0 Å². The molecular formula is C13H22N2O3S. The Kier molecular flexibility index (Phi) is 6.27. The summed E-state index contributed by atoms with van der Waals surface area (Å²) in [5.74, 6) is 0.114. The summed E-state index contributed by atoms with van der Waals surface area (Å²) in [6.45, 7) is 5.38. The molecule has 0 saturated heterocycles. The van der Waals surface area contributed by atoms with Crippen LogP contribution in [0.1, 0.15) is 13.8 Å². The van der Waals surface area contributed by atoms with Crippen LogP contribution < -0.4 is 10.6 Å². The molecule has 1 aromatic carbocycles. The topological polar surface area (TPSA) is 78.4 Å². The molecule has 0 heterocycles. The Morgan fingerprint density at radius 1 is 1.21 bits per heavy atom. The number of hydrogen-bond acceptors (Lipinski definition) is 5. The fourth-order valence-electron chi connectivity index (χ4n) is 1.55. The molecule has 0 spiro atoms. The van der Waals surface area contributed by atoms with Gasteiger partial charge in [0.15, 0.2) is 9.84 Å². The van der Waals surface area contributed by atoms with Crippen molar-refractivity contribution in [2.24, 2.45) is 0 Å². The van der Waals surface area contributed by atoms with E-state index in [-0.39, 0.29) is 11.9 Å². The number of hydrogen-bond donors (Lipinski definition) is 3. The number of aliphatic hydroxyl groups is 1. The first-order valence-corrected chi connectivity index (χ1v) is 8.06. The fraction of sp³-hybridized carbons (Fsp3) is 0.538. The Balaban J connectivity index is 2.41. The second-order valence-electron chi connectivity index (χ2n) is 4.41. The molecule has 0 aliphatic rings. The largest absolute Gasteiger partial charge is 0.392 e. The maximum Gasteiger partial charge on any atom is 0.178 e. The average Bonchev–Trinajstić information content (AvgIpc) is 2.38. The molecule has 0 aliphatic heterocycles. The van der Waals surface area contributed by atoms with E-state index in [1.54, 1.807) is 38.1 Å². The molecule has 19 heavy (non-hydrogen) atoms. The normalized spacial score (nSPS) is 13.2. The molecule has 108 valence electrons. The monoisotopic (exact) mass is 286 g/mol. The first-order valence-electron chi connectivity index (χ1n) is 6.41. The Bertz CT molecular complexity index is 469. The van der Waals surface area contributed by atoms with Gasteiger partial charge in [0.2, 0.25) is 0 Å². The second-order valence-corrected chi connectivity index (χ2v) is 6.69. The molecule has 1 atom stereocenters. The van der Waals surface area contributed by atoms with Gasteiger partial charge in [0.05, 0.1) is 16.8 Å². The van der Waals surface area contributed by atoms with Crippen LogP contribution in [0, 0.1) is 0 Å². The van der Waals surface area contributed by atoms with Gasteiger partial charge in [-0.25, -0.2) is 8.42 Å². The SMILES string of the molecule is CCS(=O)(=O)c1ccc(NCCNCC(C)O)cc1. The van der Waals surface area contributed by atoms with Crippen molar-refractivity contribution in [3.05, 3.63) is 24.3 Å². The smallest absolute Gasteiger partial charge is 0.178 e. The minimum Gasteiger partial charge on any atom is -0.392 e. The summed E-state index contributed by atoms with van der Waals surface area (Å²) in [5, 5.41) is 15.3. The van der Waals surface area contributed by atoms with Crippen molar-refractivity contribution in [3.8, 4) is 0 Å². The lowest BCUT2D eigenvalue weighted by atomic mass is 10.3. The minimum absolute atomic E-state index is 0.114. The third-order valence-corrected chi connectivity index (χ3v) is 4.41. The highest BCUT2D eigenvalue weighted by Crippen LogP contribution is 2.14. The van der Waals surface area contributed by atoms with E-state index in [0.29, 0.717) is 18.0 Å². The van der Waals surface area contributed by atoms with E-state index in [2.05, 4.69) is 10.6 Å². The Morgan fingerprint density at radius 3 is 2.37 bits per heavy atom. The van der Waals surface area contributed by atoms with Gasteiger partial charge < -0.3 is 15.7 Å². The number of rotatable bonds is 8. The van der Waals surface area contributed by atoms with Crippen molar-refractivity contribution in [3.63, 3.8) is 0 Å². The van der Waals surface area contributed by atoms with Crippen LogP contribution in [-0.4, -0.2) is 45.0 Å². The van der Waals surface area contributed by atoms with Crippen LogP contribution in [0.4, 0.5) is 5.69 Å². The van der Waals surface area contributed by atoms with Crippen LogP contribution in [0.5, 0.6) is 0 Å². The van der Waals surface area contributed by atoms with Gasteiger partial charge in [0.25, 0.3) is 0 Å². The quantitative estimate of drug-likeness (QED) is 0.618. The van der Waals surface area contributed by atoms with Crippen LogP contribution >= 0.6 is 0 Å². The summed E-state index contributed by atoms with van der Waals surface area (Å²) < 4.78 is 23.2. The minimum atomic E-state index is -3.12. The zero-order chi connectivity index (χ0) is 14.3. The third kappa shape index (κ3) is 5.59. The predicted octanol–water partition coefficient (Wildman–Crippen LogP) is 0.862. The summed E-state index contributed by atoms with van der Waals surface area (Å²) in [6, 6.07) is 6.75. The maximum atomic E-state index is 11.6. The molecule has 6 heteroatoms. The maximum absolute atomic E-state index is 11.6. The van der Waals surface area contributed by atoms with Crippen molar-refractivity contribution < 1.29 is 13.5 Å². The van der Waals surface area contributed by atoms with Crippen LogP contribution in [0.25, 0.3) is 0 Å². The highest BCUT2D eigenvalue weighted by molar-refractivity contribution is 7.91. The van der Waals surface area contributed by atoms with Crippen LogP contribution in [0.2, 0.25) is 0 Å². The molecule has 0 radical (unpaired) electrons. The molecule has 1 unspecified atom stereocenters. The summed E-state index contributed by atoms with van der Waals surface area (Å²) >= 11 is 0. The Morgan fingerprint density at radius 2 is 1.84 bits per heavy atom. The van der Waals surface area contributed by atoms with Gasteiger partial charge in [-0.3, -0.25) is 0 Å². The average molecular weight is 286 g/mol. The summed E-state index contributed by atoms with van der Waals surface area (Å²) in [4.78, 5) is 0.354. The number of aliphatic hydroxyl groups excluding tert-OH is 1. The fourth-order valence-corrected chi connectivity index (χ4v) is 2.44. The molecule has 1 rings (SSSR count). The van der Waals surface area contributed by atoms with Crippen molar-refractivity contribution >= 4 is 15.5 Å². The van der Waals surface area contributed by atoms with E-state index in [4.69, 9.17) is 5.11 Å². The van der Waals surface area contributed by atoms with Gasteiger partial charge in [-0.05, 0) is 31.2 Å². The highest BCUT2D eigenvalue weighted by atomic mass is 32.2. The number of sulfone groups is 1. The van der Waals surface area contributed by atoms with Gasteiger partial charge in [0, 0.05) is 25.3 Å². The van der Waals surface area contributed by atoms with E-state index in [0.717, 1.165) is 12.2 Å². The molecule has 0 bridgehead atoms. The molecule has 0 aromatic heterocycles. The first-order chi connectivity index (χ1) is 8.95. The molecular weight excluding hydrogens is 264 g/mol. The van der Waals surface area contributed by atoms with E-state index in [1.165, 1.54) is 0 Å². The molecule has 0 fully saturated rings. The Labute approximate surface area is 115 Å². The van der Waals surface area contributed by atoms with Gasteiger partial charge in [-0.15, -0.1) is 0 Å². The van der Waals surface area contributed by atoms with Gasteiger partial charge >= 0.3 is 0 Å². The standard InChI is InChI=1S/C13H22N2O3S/c1-3-19(17,18)13-6-4-12(5-7-13)15-9-8-14-10-11(2)16/h4-7,11,14-16H,3,8-10H2,1-2H3. The van der Waals surface area contributed by atoms with Crippen LogP contribution in [0.3, 0.4) is 0 Å². The van der Waals surface area contributed by atoms with Gasteiger partial charge in [-0.2, -0.15) is 0 Å². The first kappa shape index (κ1) is 15.9. The molecule has 5 nitrogen and oxygen atoms in total. The molecule has 0 saturated carbocycles. The molecule has 0 aliphatic carbocycles. The summed E-state index contributed by atoms with van der Waals surface area (Å²) in [7, 11) is -3.12. The zero-order valence-electron chi connectivity index (χ0n) is 11.4. The Hall–Kier alpha value is -1.11. The van der Waals surface area contributed by atoms with Crippen LogP contribution in [0.15, 0.2) is 29.2 Å². The van der Waals surface area contributed by atoms with E-state index in [9.17, 15) is 8.42 Å². The van der Waals surface area contributed by atoms with Gasteiger partial charge in [-0.1, -0.05) is 6.92 Å². The van der Waals surface area contributed by atoms with Crippen molar-refractivity contribution in [1.82, 2.24) is 5.32 Å². The van der Waals surface area contributed by atoms with E-state index < -0.39 is 9.84 Å². The lowest BCUT2D eigenvalue weighted by Crippen LogP contribution is -2.28. The third-order valence-electron chi connectivity index (χ3n) is 2.66. The van der Waals surface area contributed by atoms with Crippen molar-refractivity contribution in [1.29, 1.82) is 0 Å². The number of anilines is 1. The van der Waals surface area contributed by atoms with Gasteiger partial charge in [0.1, 0.15) is 0 Å². The molecule has 0 amide bonds. The second kappa shape index (κ2) is 7.47. The molecule has 3 N–H and O–H groups in total. The van der Waals surface area contributed by atoms with Crippen molar-refractivity contribution in [2.45, 2.75) is 24.8 Å². The van der Waals surface area contributed by atoms with E-state index in [1.807, 2.05) is 0 Å². The lowest BCUT2D eigenvalue weighted by molar-refractivity contribution is 0.192. The summed E-state index contributed by atoms with van der Waals surface area (Å²) in [6.07, 6.45) is -0.349. The summed E-state index contributed by atoms with van der Waals surface area (Å²) in [5.41, 5.74) is 0.883. The number of benzene rings is 1. The predicted molar refractivity (Wildman–Crippen MR) is 77.2 cm³/mol. The van der Waals surface area contributed by atoms with Crippen LogP contribution in [-0.2, 0) is 9.84 Å². The highest BCUT2D eigenvalue weighted by Gasteiger charge is 2.10. The lowest BCUT2D eigenvalue weighted by Gasteiger charge is -2.09.